The Morgan fingerprint density at radius 2 is 1.77 bits per heavy atom. The van der Waals surface area contributed by atoms with Crippen molar-refractivity contribution in [3.8, 4) is 0 Å². The van der Waals surface area contributed by atoms with Gasteiger partial charge in [-0.2, -0.15) is 0 Å². The number of aromatic nitrogens is 2. The van der Waals surface area contributed by atoms with E-state index in [2.05, 4.69) is 14.9 Å². The largest absolute Gasteiger partial charge is 0.363 e. The third kappa shape index (κ3) is 3.76. The molecule has 1 aromatic heterocycles. The van der Waals surface area contributed by atoms with Gasteiger partial charge in [-0.15, -0.1) is 0 Å². The van der Waals surface area contributed by atoms with E-state index in [1.807, 2.05) is 32.0 Å². The lowest BCUT2D eigenvalue weighted by Crippen LogP contribution is -2.49. The summed E-state index contributed by atoms with van der Waals surface area (Å²) in [7, 11) is 3.89. The molecule has 1 aromatic carbocycles. The first-order valence-electron chi connectivity index (χ1n) is 8.68. The molecule has 0 radical (unpaired) electrons. The molecule has 1 saturated heterocycles. The van der Waals surface area contributed by atoms with Crippen LogP contribution >= 0.6 is 0 Å². The normalized spacial score (nSPS) is 14.5. The Labute approximate surface area is 153 Å². The summed E-state index contributed by atoms with van der Waals surface area (Å²) < 4.78 is 13.7. The fraction of sp³-hybridized carbons (Fsp3) is 0.421. The third-order valence-corrected chi connectivity index (χ3v) is 4.58. The highest BCUT2D eigenvalue weighted by Gasteiger charge is 2.24. The number of rotatable bonds is 3. The fourth-order valence-corrected chi connectivity index (χ4v) is 2.97. The van der Waals surface area contributed by atoms with Gasteiger partial charge in [-0.1, -0.05) is 6.07 Å². The lowest BCUT2D eigenvalue weighted by atomic mass is 10.1. The van der Waals surface area contributed by atoms with Gasteiger partial charge in [0.2, 0.25) is 0 Å². The van der Waals surface area contributed by atoms with Crippen molar-refractivity contribution >= 4 is 17.5 Å². The van der Waals surface area contributed by atoms with E-state index in [4.69, 9.17) is 0 Å². The number of carbonyl (C=O) groups excluding carboxylic acids is 1. The number of piperazine rings is 1. The number of anilines is 2. The van der Waals surface area contributed by atoms with Crippen LogP contribution in [0.4, 0.5) is 16.0 Å². The van der Waals surface area contributed by atoms with Gasteiger partial charge in [0, 0.05) is 51.9 Å². The minimum absolute atomic E-state index is 0.128. The van der Waals surface area contributed by atoms with Gasteiger partial charge < -0.3 is 14.7 Å². The second kappa shape index (κ2) is 7.27. The van der Waals surface area contributed by atoms with Crippen molar-refractivity contribution in [2.75, 3.05) is 50.1 Å². The molecule has 7 heteroatoms. The van der Waals surface area contributed by atoms with Crippen LogP contribution in [-0.4, -0.2) is 61.0 Å². The lowest BCUT2D eigenvalue weighted by molar-refractivity contribution is 0.0746. The quantitative estimate of drug-likeness (QED) is 0.843. The number of amides is 1. The van der Waals surface area contributed by atoms with Crippen molar-refractivity contribution in [3.05, 3.63) is 47.0 Å². The number of nitrogens with zero attached hydrogens (tertiary/aromatic N) is 5. The highest BCUT2D eigenvalue weighted by molar-refractivity contribution is 5.94. The molecular weight excluding hydrogens is 333 g/mol. The van der Waals surface area contributed by atoms with Gasteiger partial charge in [0.1, 0.15) is 23.3 Å². The van der Waals surface area contributed by atoms with E-state index in [1.54, 1.807) is 24.0 Å². The van der Waals surface area contributed by atoms with E-state index >= 15 is 0 Å². The molecule has 26 heavy (non-hydrogen) atoms. The summed E-state index contributed by atoms with van der Waals surface area (Å²) in [6.45, 7) is 6.09. The number of benzene rings is 1. The molecule has 0 N–H and O–H groups in total. The molecule has 1 aliphatic rings. The Kier molecular flexibility index (Phi) is 5.06. The summed E-state index contributed by atoms with van der Waals surface area (Å²) >= 11 is 0. The van der Waals surface area contributed by atoms with Crippen molar-refractivity contribution in [2.24, 2.45) is 0 Å². The molecule has 2 aromatic rings. The lowest BCUT2D eigenvalue weighted by Gasteiger charge is -2.35. The molecule has 1 fully saturated rings. The fourth-order valence-electron chi connectivity index (χ4n) is 2.97. The molecule has 0 bridgehead atoms. The average Bonchev–Trinajstić information content (AvgIpc) is 2.63. The topological polar surface area (TPSA) is 52.6 Å². The Hall–Kier alpha value is -2.70. The minimum Gasteiger partial charge on any atom is -0.363 e. The highest BCUT2D eigenvalue weighted by atomic mass is 19.1. The summed E-state index contributed by atoms with van der Waals surface area (Å²) in [6, 6.07) is 6.61. The monoisotopic (exact) mass is 357 g/mol. The van der Waals surface area contributed by atoms with Crippen LogP contribution in [0.15, 0.2) is 24.3 Å². The smallest absolute Gasteiger partial charge is 0.254 e. The van der Waals surface area contributed by atoms with Crippen LogP contribution < -0.4 is 9.80 Å². The van der Waals surface area contributed by atoms with E-state index in [-0.39, 0.29) is 11.7 Å². The van der Waals surface area contributed by atoms with Gasteiger partial charge in [-0.05, 0) is 31.5 Å². The number of halogens is 1. The summed E-state index contributed by atoms with van der Waals surface area (Å²) in [4.78, 5) is 27.4. The second-order valence-corrected chi connectivity index (χ2v) is 6.77. The van der Waals surface area contributed by atoms with Crippen LogP contribution in [0.3, 0.4) is 0 Å². The van der Waals surface area contributed by atoms with Crippen LogP contribution in [0, 0.1) is 19.7 Å². The maximum absolute atomic E-state index is 13.7. The Morgan fingerprint density at radius 1 is 1.08 bits per heavy atom. The van der Waals surface area contributed by atoms with Crippen molar-refractivity contribution in [1.82, 2.24) is 14.9 Å². The summed E-state index contributed by atoms with van der Waals surface area (Å²) in [5, 5.41) is 0. The number of hydrogen-bond acceptors (Lipinski definition) is 5. The zero-order valence-electron chi connectivity index (χ0n) is 15.7. The van der Waals surface area contributed by atoms with E-state index < -0.39 is 0 Å². The predicted octanol–water partition coefficient (Wildman–Crippen LogP) is 2.26. The number of carbonyl (C=O) groups is 1. The maximum atomic E-state index is 13.7. The molecule has 1 amide bonds. The minimum atomic E-state index is -0.345. The summed E-state index contributed by atoms with van der Waals surface area (Å²) in [5.41, 5.74) is 0.941. The van der Waals surface area contributed by atoms with Gasteiger partial charge in [0.25, 0.3) is 5.91 Å². The van der Waals surface area contributed by atoms with Gasteiger partial charge in [0.15, 0.2) is 0 Å². The number of aryl methyl sites for hydroxylation is 2. The van der Waals surface area contributed by atoms with Crippen molar-refractivity contribution < 1.29 is 9.18 Å². The average molecular weight is 357 g/mol. The van der Waals surface area contributed by atoms with E-state index in [0.717, 1.165) is 17.5 Å². The van der Waals surface area contributed by atoms with Crippen LogP contribution in [-0.2, 0) is 0 Å². The molecule has 6 nitrogen and oxygen atoms in total. The molecule has 0 saturated carbocycles. The first-order valence-corrected chi connectivity index (χ1v) is 8.68. The van der Waals surface area contributed by atoms with Crippen molar-refractivity contribution in [3.63, 3.8) is 0 Å². The van der Waals surface area contributed by atoms with Gasteiger partial charge in [0.05, 0.1) is 0 Å². The zero-order valence-corrected chi connectivity index (χ0v) is 15.7. The van der Waals surface area contributed by atoms with Gasteiger partial charge >= 0.3 is 0 Å². The Morgan fingerprint density at radius 3 is 2.38 bits per heavy atom. The van der Waals surface area contributed by atoms with E-state index in [1.165, 1.54) is 6.07 Å². The zero-order chi connectivity index (χ0) is 18.8. The molecular formula is C19H24FN5O. The van der Waals surface area contributed by atoms with Gasteiger partial charge in [-0.25, -0.2) is 14.4 Å². The molecule has 0 atom stereocenters. The number of hydrogen-bond donors (Lipinski definition) is 0. The van der Waals surface area contributed by atoms with E-state index in [0.29, 0.717) is 37.3 Å². The first-order chi connectivity index (χ1) is 12.3. The SMILES string of the molecule is Cc1nc(N(C)C)cc(N2CCN(C(=O)c3ccc(C)c(F)c3)CC2)n1. The molecule has 0 unspecified atom stereocenters. The molecule has 0 aliphatic carbocycles. The van der Waals surface area contributed by atoms with Crippen LogP contribution in [0.2, 0.25) is 0 Å². The molecule has 0 spiro atoms. The van der Waals surface area contributed by atoms with Gasteiger partial charge in [-0.3, -0.25) is 4.79 Å². The van der Waals surface area contributed by atoms with Crippen LogP contribution in [0.25, 0.3) is 0 Å². The molecule has 138 valence electrons. The standard InChI is InChI=1S/C19H24FN5O/c1-13-5-6-15(11-16(13)20)19(26)25-9-7-24(8-10-25)18-12-17(23(3)4)21-14(2)22-18/h5-6,11-12H,7-10H2,1-4H3. The van der Waals surface area contributed by atoms with Crippen LogP contribution in [0.1, 0.15) is 21.7 Å². The van der Waals surface area contributed by atoms with Crippen molar-refractivity contribution in [2.45, 2.75) is 13.8 Å². The van der Waals surface area contributed by atoms with Crippen LogP contribution in [0.5, 0.6) is 0 Å². The molecule has 3 rings (SSSR count). The predicted molar refractivity (Wildman–Crippen MR) is 100 cm³/mol. The molecule has 1 aliphatic heterocycles. The second-order valence-electron chi connectivity index (χ2n) is 6.77. The van der Waals surface area contributed by atoms with E-state index in [9.17, 15) is 9.18 Å². The van der Waals surface area contributed by atoms with Crippen molar-refractivity contribution in [1.29, 1.82) is 0 Å². The summed E-state index contributed by atoms with van der Waals surface area (Å²) in [6.07, 6.45) is 0. The molecule has 2 heterocycles. The summed E-state index contributed by atoms with van der Waals surface area (Å²) in [5.74, 6) is 1.98. The maximum Gasteiger partial charge on any atom is 0.254 e. The Bertz CT molecular complexity index is 816. The third-order valence-electron chi connectivity index (χ3n) is 4.58. The Balaban J connectivity index is 1.69. The highest BCUT2D eigenvalue weighted by Crippen LogP contribution is 2.20. The first kappa shape index (κ1) is 18.1.